The van der Waals surface area contributed by atoms with E-state index in [4.69, 9.17) is 0 Å². The Balaban J connectivity index is 1.99. The Kier molecular flexibility index (Phi) is 2.78. The lowest BCUT2D eigenvalue weighted by molar-refractivity contribution is 0.0840. The van der Waals surface area contributed by atoms with Gasteiger partial charge in [0.2, 0.25) is 0 Å². The predicted octanol–water partition coefficient (Wildman–Crippen LogP) is 2.65. The first-order valence-corrected chi connectivity index (χ1v) is 8.79. The van der Waals surface area contributed by atoms with Crippen molar-refractivity contribution < 1.29 is 0 Å². The largest absolute Gasteiger partial charge is 0.347 e. The second kappa shape index (κ2) is 4.24. The molecule has 24 heavy (non-hydrogen) atoms. The van der Waals surface area contributed by atoms with E-state index in [2.05, 4.69) is 53.7 Å². The maximum absolute atomic E-state index is 12.8. The lowest BCUT2D eigenvalue weighted by Gasteiger charge is -2.57. The van der Waals surface area contributed by atoms with Gasteiger partial charge >= 0.3 is 11.4 Å². The van der Waals surface area contributed by atoms with Crippen LogP contribution in [-0.4, -0.2) is 13.9 Å². The molecule has 130 valence electrons. The van der Waals surface area contributed by atoms with Gasteiger partial charge in [-0.2, -0.15) is 0 Å². The van der Waals surface area contributed by atoms with E-state index in [9.17, 15) is 9.59 Å². The first-order chi connectivity index (χ1) is 10.9. The predicted molar refractivity (Wildman–Crippen MR) is 94.1 cm³/mol. The van der Waals surface area contributed by atoms with Crippen molar-refractivity contribution >= 4 is 0 Å². The van der Waals surface area contributed by atoms with E-state index in [1.54, 1.807) is 16.4 Å². The second-order valence-corrected chi connectivity index (χ2v) is 9.60. The van der Waals surface area contributed by atoms with E-state index < -0.39 is 0 Å². The summed E-state index contributed by atoms with van der Waals surface area (Å²) in [7, 11) is 1.58. The van der Waals surface area contributed by atoms with Gasteiger partial charge in [0.25, 0.3) is 0 Å². The van der Waals surface area contributed by atoms with Gasteiger partial charge in [-0.15, -0.1) is 0 Å². The Hall–Kier alpha value is -1.78. The molecule has 5 rings (SSSR count). The quantitative estimate of drug-likeness (QED) is 0.687. The third-order valence-electron chi connectivity index (χ3n) is 6.03. The molecule has 1 aromatic rings. The topological polar surface area (TPSA) is 48.9 Å². The highest BCUT2D eigenvalue weighted by Gasteiger charge is 2.57. The molecule has 2 aliphatic carbocycles. The van der Waals surface area contributed by atoms with Gasteiger partial charge in [0.15, 0.2) is 0 Å². The Morgan fingerprint density at radius 1 is 0.833 bits per heavy atom. The van der Waals surface area contributed by atoms with Crippen LogP contribution in [-0.2, 0) is 7.05 Å². The van der Waals surface area contributed by atoms with Gasteiger partial charge in [0.1, 0.15) is 0 Å². The summed E-state index contributed by atoms with van der Waals surface area (Å²) in [4.78, 5) is 25.4. The van der Waals surface area contributed by atoms with Crippen LogP contribution in [0.2, 0.25) is 0 Å². The fourth-order valence-electron chi connectivity index (χ4n) is 4.85. The smallest absolute Gasteiger partial charge is 0.246 e. The van der Waals surface area contributed by atoms with E-state index in [0.717, 1.165) is 0 Å². The molecule has 4 aliphatic rings. The highest BCUT2D eigenvalue weighted by atomic mass is 16.2. The Labute approximate surface area is 142 Å². The van der Waals surface area contributed by atoms with Gasteiger partial charge in [0, 0.05) is 18.9 Å². The average molecular weight is 329 g/mol. The number of hydrogen-bond acceptors (Lipinski definition) is 2. The lowest BCUT2D eigenvalue weighted by Crippen LogP contribution is -2.56. The SMILES string of the molecule is Cn1c(=O)n2n(c1=O)[C@H]1C(C(C)(C)C)=C[C@H]2[C@@H]2C=C(C(C)(C)C)[C@@H]21. The van der Waals surface area contributed by atoms with Crippen molar-refractivity contribution in [1.82, 2.24) is 13.9 Å². The highest BCUT2D eigenvalue weighted by Crippen LogP contribution is 2.61. The number of nitrogens with zero attached hydrogens (tertiary/aromatic N) is 3. The fourth-order valence-corrected chi connectivity index (χ4v) is 4.85. The molecule has 0 N–H and O–H groups in total. The molecule has 4 atom stereocenters. The zero-order valence-electron chi connectivity index (χ0n) is 15.6. The van der Waals surface area contributed by atoms with Crippen LogP contribution in [0.15, 0.2) is 32.9 Å². The van der Waals surface area contributed by atoms with Gasteiger partial charge < -0.3 is 0 Å². The molecule has 0 saturated carbocycles. The summed E-state index contributed by atoms with van der Waals surface area (Å²) >= 11 is 0. The fraction of sp³-hybridized carbons (Fsp3) is 0.684. The summed E-state index contributed by atoms with van der Waals surface area (Å²) in [6, 6.07) is -0.0812. The van der Waals surface area contributed by atoms with Gasteiger partial charge in [-0.25, -0.2) is 23.5 Å². The zero-order chi connectivity index (χ0) is 17.8. The first kappa shape index (κ1) is 15.7. The number of rotatable bonds is 0. The molecule has 0 saturated heterocycles. The van der Waals surface area contributed by atoms with Crippen molar-refractivity contribution in [1.29, 1.82) is 0 Å². The summed E-state index contributed by atoms with van der Waals surface area (Å²) in [6.07, 6.45) is 4.59. The second-order valence-electron chi connectivity index (χ2n) is 9.60. The summed E-state index contributed by atoms with van der Waals surface area (Å²) in [5, 5.41) is 0. The molecule has 2 aliphatic heterocycles. The van der Waals surface area contributed by atoms with E-state index in [-0.39, 0.29) is 34.3 Å². The minimum absolute atomic E-state index is 0.0248. The third-order valence-corrected chi connectivity index (χ3v) is 6.03. The van der Waals surface area contributed by atoms with Gasteiger partial charge in [0.05, 0.1) is 12.1 Å². The van der Waals surface area contributed by atoms with Crippen molar-refractivity contribution in [3.8, 4) is 0 Å². The standard InChI is InChI=1S/C19H27N3O2/c1-18(2,3)11-8-10-13-9-12(19(4,5)6)15(14(10)11)22-17(24)20(7)16(23)21(13)22/h8-10,13-15H,1-7H3/t10-,13-,14+,15-/m0/s1. The monoisotopic (exact) mass is 329 g/mol. The van der Waals surface area contributed by atoms with Gasteiger partial charge in [-0.1, -0.05) is 59.3 Å². The van der Waals surface area contributed by atoms with Crippen LogP contribution < -0.4 is 11.4 Å². The van der Waals surface area contributed by atoms with Gasteiger partial charge in [-0.3, -0.25) is 0 Å². The first-order valence-electron chi connectivity index (χ1n) is 8.79. The molecule has 5 nitrogen and oxygen atoms in total. The van der Waals surface area contributed by atoms with Crippen LogP contribution >= 0.6 is 0 Å². The normalized spacial score (nSPS) is 31.1. The number of hydrogen-bond donors (Lipinski definition) is 0. The Morgan fingerprint density at radius 3 is 1.92 bits per heavy atom. The molecule has 5 heteroatoms. The summed E-state index contributed by atoms with van der Waals surface area (Å²) < 4.78 is 4.69. The summed E-state index contributed by atoms with van der Waals surface area (Å²) in [6.45, 7) is 13.3. The van der Waals surface area contributed by atoms with Crippen LogP contribution in [0.5, 0.6) is 0 Å². The van der Waals surface area contributed by atoms with Crippen molar-refractivity contribution in [2.75, 3.05) is 0 Å². The minimum Gasteiger partial charge on any atom is -0.246 e. The van der Waals surface area contributed by atoms with Crippen molar-refractivity contribution in [2.45, 2.75) is 53.6 Å². The molecule has 0 radical (unpaired) electrons. The van der Waals surface area contributed by atoms with E-state index in [0.29, 0.717) is 11.8 Å². The van der Waals surface area contributed by atoms with Crippen LogP contribution in [0.25, 0.3) is 0 Å². The van der Waals surface area contributed by atoms with Crippen LogP contribution in [0, 0.1) is 22.7 Å². The van der Waals surface area contributed by atoms with E-state index in [1.165, 1.54) is 15.7 Å². The third kappa shape index (κ3) is 1.70. The molecule has 0 fully saturated rings. The number of aromatic nitrogens is 3. The molecule has 0 unspecified atom stereocenters. The zero-order valence-corrected chi connectivity index (χ0v) is 15.6. The molecule has 2 bridgehead atoms. The highest BCUT2D eigenvalue weighted by molar-refractivity contribution is 5.41. The Bertz CT molecular complexity index is 908. The van der Waals surface area contributed by atoms with Crippen LogP contribution in [0.4, 0.5) is 0 Å². The van der Waals surface area contributed by atoms with Crippen molar-refractivity contribution in [3.63, 3.8) is 0 Å². The lowest BCUT2D eigenvalue weighted by atomic mass is 9.54. The molecule has 1 aromatic heterocycles. The van der Waals surface area contributed by atoms with Crippen molar-refractivity contribution in [3.05, 3.63) is 44.3 Å². The summed E-state index contributed by atoms with van der Waals surface area (Å²) in [5.41, 5.74) is 2.38. The van der Waals surface area contributed by atoms with Gasteiger partial charge in [-0.05, 0) is 16.4 Å². The maximum Gasteiger partial charge on any atom is 0.347 e. The summed E-state index contributed by atoms with van der Waals surface area (Å²) in [5.74, 6) is 0.656. The molecule has 0 spiro atoms. The maximum atomic E-state index is 12.8. The molecule has 3 heterocycles. The van der Waals surface area contributed by atoms with E-state index in [1.807, 2.05) is 0 Å². The number of allylic oxidation sites excluding steroid dienone is 4. The Morgan fingerprint density at radius 2 is 1.38 bits per heavy atom. The molecule has 0 aromatic carbocycles. The molecular weight excluding hydrogens is 302 g/mol. The minimum atomic E-state index is -0.199. The van der Waals surface area contributed by atoms with E-state index >= 15 is 0 Å². The van der Waals surface area contributed by atoms with Crippen LogP contribution in [0.3, 0.4) is 0 Å². The average Bonchev–Trinajstić information content (AvgIpc) is 2.62. The molecular formula is C19H27N3O2. The van der Waals surface area contributed by atoms with Crippen LogP contribution in [0.1, 0.15) is 53.6 Å². The van der Waals surface area contributed by atoms with Crippen molar-refractivity contribution in [2.24, 2.45) is 29.7 Å². The molecule has 0 amide bonds.